The van der Waals surface area contributed by atoms with Crippen LogP contribution in [-0.2, 0) is 11.0 Å². The Morgan fingerprint density at radius 2 is 1.83 bits per heavy atom. The summed E-state index contributed by atoms with van der Waals surface area (Å²) in [5, 5.41) is 4.99. The summed E-state index contributed by atoms with van der Waals surface area (Å²) in [4.78, 5) is 11.9. The van der Waals surface area contributed by atoms with Crippen LogP contribution >= 0.6 is 11.6 Å². The molecule has 2 aromatic carbocycles. The predicted octanol–water partition coefficient (Wildman–Crippen LogP) is 5.03. The third-order valence-electron chi connectivity index (χ3n) is 3.39. The van der Waals surface area contributed by atoms with E-state index in [-0.39, 0.29) is 12.2 Å². The fourth-order valence-electron chi connectivity index (χ4n) is 2.13. The highest BCUT2D eigenvalue weighted by atomic mass is 35.5. The molecule has 0 atom stereocenters. The van der Waals surface area contributed by atoms with Crippen LogP contribution < -0.4 is 10.6 Å². The van der Waals surface area contributed by atoms with Crippen LogP contribution in [0.3, 0.4) is 0 Å². The molecule has 7 heteroatoms. The van der Waals surface area contributed by atoms with Gasteiger partial charge in [0.05, 0.1) is 17.1 Å². The van der Waals surface area contributed by atoms with E-state index in [0.29, 0.717) is 0 Å². The van der Waals surface area contributed by atoms with Crippen LogP contribution in [0, 0.1) is 13.8 Å². The van der Waals surface area contributed by atoms with Crippen LogP contribution in [-0.4, -0.2) is 12.5 Å². The number of carbonyl (C=O) groups excluding carboxylic acids is 1. The number of hydrogen-bond donors (Lipinski definition) is 2. The minimum Gasteiger partial charge on any atom is -0.376 e. The SMILES string of the molecule is Cc1ccc(C)c(NCC(=O)Nc2ccc(Cl)c(C(F)(F)F)c2)c1. The van der Waals surface area contributed by atoms with Crippen LogP contribution in [0.1, 0.15) is 16.7 Å². The molecule has 0 saturated heterocycles. The van der Waals surface area contributed by atoms with Gasteiger partial charge in [-0.25, -0.2) is 0 Å². The van der Waals surface area contributed by atoms with Gasteiger partial charge in [0.25, 0.3) is 0 Å². The van der Waals surface area contributed by atoms with E-state index in [4.69, 9.17) is 11.6 Å². The summed E-state index contributed by atoms with van der Waals surface area (Å²) in [5.74, 6) is -0.452. The monoisotopic (exact) mass is 356 g/mol. The Morgan fingerprint density at radius 3 is 2.50 bits per heavy atom. The topological polar surface area (TPSA) is 41.1 Å². The summed E-state index contributed by atoms with van der Waals surface area (Å²) < 4.78 is 38.4. The molecule has 0 saturated carbocycles. The van der Waals surface area contributed by atoms with E-state index in [1.165, 1.54) is 6.07 Å². The standard InChI is InChI=1S/C17H16ClF3N2O/c1-10-3-4-11(2)15(7-10)22-9-16(24)23-12-5-6-14(18)13(8-12)17(19,20)21/h3-8,22H,9H2,1-2H3,(H,23,24). The second-order valence-corrected chi connectivity index (χ2v) is 5.82. The lowest BCUT2D eigenvalue weighted by atomic mass is 10.1. The number of carbonyl (C=O) groups is 1. The van der Waals surface area contributed by atoms with Crippen LogP contribution in [0.25, 0.3) is 0 Å². The molecule has 0 spiro atoms. The third-order valence-corrected chi connectivity index (χ3v) is 3.72. The van der Waals surface area contributed by atoms with Gasteiger partial charge in [0.1, 0.15) is 0 Å². The molecular formula is C17H16ClF3N2O. The lowest BCUT2D eigenvalue weighted by molar-refractivity contribution is -0.137. The molecule has 0 bridgehead atoms. The van der Waals surface area contributed by atoms with Crippen molar-refractivity contribution in [2.45, 2.75) is 20.0 Å². The molecule has 1 amide bonds. The third kappa shape index (κ3) is 4.64. The van der Waals surface area contributed by atoms with E-state index in [1.807, 2.05) is 32.0 Å². The first kappa shape index (κ1) is 18.1. The Kier molecular flexibility index (Phi) is 5.39. The zero-order valence-corrected chi connectivity index (χ0v) is 13.8. The zero-order chi connectivity index (χ0) is 17.9. The average molecular weight is 357 g/mol. The Bertz CT molecular complexity index is 760. The average Bonchev–Trinajstić information content (AvgIpc) is 2.49. The minimum absolute atomic E-state index is 0.0412. The van der Waals surface area contributed by atoms with Crippen molar-refractivity contribution in [1.29, 1.82) is 0 Å². The number of halogens is 4. The van der Waals surface area contributed by atoms with Crippen molar-refractivity contribution in [1.82, 2.24) is 0 Å². The van der Waals surface area contributed by atoms with Crippen molar-refractivity contribution >= 4 is 28.9 Å². The highest BCUT2D eigenvalue weighted by molar-refractivity contribution is 6.31. The molecule has 2 rings (SSSR count). The number of nitrogens with one attached hydrogen (secondary N) is 2. The second-order valence-electron chi connectivity index (χ2n) is 5.41. The molecule has 0 fully saturated rings. The van der Waals surface area contributed by atoms with E-state index >= 15 is 0 Å². The van der Waals surface area contributed by atoms with Crippen LogP contribution in [0.15, 0.2) is 36.4 Å². The van der Waals surface area contributed by atoms with Gasteiger partial charge in [-0.1, -0.05) is 23.7 Å². The Morgan fingerprint density at radius 1 is 1.12 bits per heavy atom. The van der Waals surface area contributed by atoms with Crippen LogP contribution in [0.5, 0.6) is 0 Å². The lowest BCUT2D eigenvalue weighted by Crippen LogP contribution is -2.22. The first-order valence-corrected chi connectivity index (χ1v) is 7.52. The van der Waals surface area contributed by atoms with E-state index in [1.54, 1.807) is 0 Å². The summed E-state index contributed by atoms with van der Waals surface area (Å²) in [6.45, 7) is 3.76. The van der Waals surface area contributed by atoms with Gasteiger partial charge in [0.15, 0.2) is 0 Å². The van der Waals surface area contributed by atoms with Gasteiger partial charge in [-0.3, -0.25) is 4.79 Å². The van der Waals surface area contributed by atoms with E-state index in [0.717, 1.165) is 28.9 Å². The number of aryl methyl sites for hydroxylation is 2. The normalized spacial score (nSPS) is 11.2. The largest absolute Gasteiger partial charge is 0.417 e. The second kappa shape index (κ2) is 7.13. The van der Waals surface area contributed by atoms with Gasteiger partial charge in [0, 0.05) is 11.4 Å². The molecule has 0 radical (unpaired) electrons. The number of hydrogen-bond acceptors (Lipinski definition) is 2. The van der Waals surface area contributed by atoms with E-state index in [2.05, 4.69) is 10.6 Å². The van der Waals surface area contributed by atoms with Crippen molar-refractivity contribution in [2.24, 2.45) is 0 Å². The van der Waals surface area contributed by atoms with E-state index < -0.39 is 22.7 Å². The highest BCUT2D eigenvalue weighted by Crippen LogP contribution is 2.36. The van der Waals surface area contributed by atoms with Gasteiger partial charge < -0.3 is 10.6 Å². The Labute approximate surface area is 142 Å². The van der Waals surface area contributed by atoms with Crippen molar-refractivity contribution in [3.05, 3.63) is 58.1 Å². The molecule has 0 unspecified atom stereocenters. The fraction of sp³-hybridized carbons (Fsp3) is 0.235. The molecule has 0 aromatic heterocycles. The zero-order valence-electron chi connectivity index (χ0n) is 13.1. The molecule has 0 heterocycles. The number of amides is 1. The maximum atomic E-state index is 12.8. The molecule has 2 aromatic rings. The Balaban J connectivity index is 2.04. The predicted molar refractivity (Wildman–Crippen MR) is 89.5 cm³/mol. The first-order chi connectivity index (χ1) is 11.2. The van der Waals surface area contributed by atoms with Gasteiger partial charge >= 0.3 is 6.18 Å². The van der Waals surface area contributed by atoms with Crippen molar-refractivity contribution in [3.8, 4) is 0 Å². The van der Waals surface area contributed by atoms with Crippen molar-refractivity contribution in [2.75, 3.05) is 17.2 Å². The molecule has 24 heavy (non-hydrogen) atoms. The maximum Gasteiger partial charge on any atom is 0.417 e. The number of alkyl halides is 3. The lowest BCUT2D eigenvalue weighted by Gasteiger charge is -2.13. The highest BCUT2D eigenvalue weighted by Gasteiger charge is 2.33. The molecule has 0 aliphatic carbocycles. The summed E-state index contributed by atoms with van der Waals surface area (Å²) in [7, 11) is 0. The van der Waals surface area contributed by atoms with Gasteiger partial charge in [-0.05, 0) is 49.2 Å². The van der Waals surface area contributed by atoms with Crippen molar-refractivity contribution in [3.63, 3.8) is 0 Å². The smallest absolute Gasteiger partial charge is 0.376 e. The molecule has 128 valence electrons. The molecule has 0 aliphatic rings. The van der Waals surface area contributed by atoms with Gasteiger partial charge in [-0.15, -0.1) is 0 Å². The molecule has 2 N–H and O–H groups in total. The van der Waals surface area contributed by atoms with Gasteiger partial charge in [-0.2, -0.15) is 13.2 Å². The fourth-order valence-corrected chi connectivity index (χ4v) is 2.35. The summed E-state index contributed by atoms with van der Waals surface area (Å²) in [5.41, 5.74) is 1.87. The number of rotatable bonds is 4. The van der Waals surface area contributed by atoms with E-state index in [9.17, 15) is 18.0 Å². The first-order valence-electron chi connectivity index (χ1n) is 7.14. The summed E-state index contributed by atoms with van der Waals surface area (Å²) in [6.07, 6.45) is -4.57. The van der Waals surface area contributed by atoms with Crippen LogP contribution in [0.4, 0.5) is 24.5 Å². The summed E-state index contributed by atoms with van der Waals surface area (Å²) >= 11 is 5.55. The number of anilines is 2. The minimum atomic E-state index is -4.57. The molecular weight excluding hydrogens is 341 g/mol. The summed E-state index contributed by atoms with van der Waals surface area (Å²) in [6, 6.07) is 9.02. The maximum absolute atomic E-state index is 12.8. The van der Waals surface area contributed by atoms with Crippen LogP contribution in [0.2, 0.25) is 5.02 Å². The molecule has 3 nitrogen and oxygen atoms in total. The quantitative estimate of drug-likeness (QED) is 0.807. The number of benzene rings is 2. The Hall–Kier alpha value is -2.21. The van der Waals surface area contributed by atoms with Gasteiger partial charge in [0.2, 0.25) is 5.91 Å². The molecule has 0 aliphatic heterocycles. The van der Waals surface area contributed by atoms with Crippen molar-refractivity contribution < 1.29 is 18.0 Å².